The molecule has 5 heteroatoms. The number of hydrogen-bond acceptors (Lipinski definition) is 3. The highest BCUT2D eigenvalue weighted by molar-refractivity contribution is 5.76. The Labute approximate surface area is 87.4 Å². The number of non-ortho nitro benzene ring substituents is 1. The van der Waals surface area contributed by atoms with E-state index in [0.717, 1.165) is 4.74 Å². The smallest absolute Gasteiger partial charge is 0.270 e. The van der Waals surface area contributed by atoms with E-state index in [1.54, 1.807) is 26.0 Å². The van der Waals surface area contributed by atoms with Crippen LogP contribution in [0.3, 0.4) is 0 Å². The summed E-state index contributed by atoms with van der Waals surface area (Å²) in [6.07, 6.45) is 1.34. The Morgan fingerprint density at radius 3 is 2.53 bits per heavy atom. The predicted molar refractivity (Wildman–Crippen MR) is 57.0 cm³/mol. The molecule has 0 aromatic heterocycles. The topological polar surface area (TPSA) is 69.2 Å². The van der Waals surface area contributed by atoms with E-state index in [-0.39, 0.29) is 11.7 Å². The lowest BCUT2D eigenvalue weighted by molar-refractivity contribution is -0.487. The molecule has 0 aliphatic heterocycles. The van der Waals surface area contributed by atoms with Crippen molar-refractivity contribution in [3.05, 3.63) is 45.2 Å². The van der Waals surface area contributed by atoms with Gasteiger partial charge in [-0.15, -0.1) is 0 Å². The summed E-state index contributed by atoms with van der Waals surface area (Å²) in [6.45, 7) is 3.50. The summed E-state index contributed by atoms with van der Waals surface area (Å²) in [6, 6.07) is 5.79. The lowest BCUT2D eigenvalue weighted by Crippen LogP contribution is -2.14. The predicted octanol–water partition coefficient (Wildman–Crippen LogP) is 1.93. The van der Waals surface area contributed by atoms with E-state index in [0.29, 0.717) is 5.56 Å². The first kappa shape index (κ1) is 11.2. The fourth-order valence-electron chi connectivity index (χ4n) is 1.01. The Bertz CT molecular complexity index is 399. The first-order valence-electron chi connectivity index (χ1n) is 4.55. The molecule has 0 N–H and O–H groups in total. The summed E-state index contributed by atoms with van der Waals surface area (Å²) in [5, 5.41) is 21.8. The molecule has 80 valence electrons. The summed E-state index contributed by atoms with van der Waals surface area (Å²) in [4.78, 5) is 9.99. The molecular weight excluding hydrogens is 196 g/mol. The van der Waals surface area contributed by atoms with Gasteiger partial charge in [-0.25, -0.2) is 4.74 Å². The van der Waals surface area contributed by atoms with Crippen molar-refractivity contribution in [3.63, 3.8) is 0 Å². The molecule has 0 saturated carbocycles. The van der Waals surface area contributed by atoms with Crippen molar-refractivity contribution in [1.82, 2.24) is 0 Å². The van der Waals surface area contributed by atoms with Crippen LogP contribution >= 0.6 is 0 Å². The van der Waals surface area contributed by atoms with Crippen molar-refractivity contribution >= 4 is 11.9 Å². The molecule has 1 rings (SSSR count). The van der Waals surface area contributed by atoms with Gasteiger partial charge in [0.05, 0.1) is 4.92 Å². The van der Waals surface area contributed by atoms with Crippen molar-refractivity contribution in [1.29, 1.82) is 0 Å². The monoisotopic (exact) mass is 208 g/mol. The quantitative estimate of drug-likeness (QED) is 0.250. The van der Waals surface area contributed by atoms with Crippen LogP contribution in [0.25, 0.3) is 0 Å². The summed E-state index contributed by atoms with van der Waals surface area (Å²) in [5.41, 5.74) is 0.522. The third kappa shape index (κ3) is 3.05. The molecule has 0 bridgehead atoms. The van der Waals surface area contributed by atoms with Gasteiger partial charge in [0.25, 0.3) is 5.69 Å². The van der Waals surface area contributed by atoms with Gasteiger partial charge in [-0.3, -0.25) is 10.1 Å². The molecule has 0 radical (unpaired) electrons. The van der Waals surface area contributed by atoms with Crippen molar-refractivity contribution in [2.75, 3.05) is 0 Å². The Morgan fingerprint density at radius 2 is 2.00 bits per heavy atom. The Kier molecular flexibility index (Phi) is 3.38. The van der Waals surface area contributed by atoms with Gasteiger partial charge in [-0.05, 0) is 19.9 Å². The van der Waals surface area contributed by atoms with E-state index in [9.17, 15) is 15.3 Å². The van der Waals surface area contributed by atoms with E-state index in [2.05, 4.69) is 0 Å². The Hall–Kier alpha value is -1.91. The van der Waals surface area contributed by atoms with Gasteiger partial charge in [0.15, 0.2) is 12.3 Å². The average molecular weight is 208 g/mol. The maximum absolute atomic E-state index is 11.3. The van der Waals surface area contributed by atoms with Gasteiger partial charge in [-0.2, -0.15) is 0 Å². The number of rotatable bonds is 3. The van der Waals surface area contributed by atoms with Gasteiger partial charge in [0.2, 0.25) is 0 Å². The fraction of sp³-hybridized carbons (Fsp3) is 0.300. The van der Waals surface area contributed by atoms with E-state index in [1.807, 2.05) is 0 Å². The maximum Gasteiger partial charge on any atom is 0.270 e. The van der Waals surface area contributed by atoms with Gasteiger partial charge in [-0.1, -0.05) is 6.07 Å². The third-order valence-electron chi connectivity index (χ3n) is 1.87. The molecule has 0 aliphatic carbocycles. The van der Waals surface area contributed by atoms with Crippen LogP contribution < -0.4 is 0 Å². The molecule has 1 aromatic carbocycles. The summed E-state index contributed by atoms with van der Waals surface area (Å²) in [5.74, 6) is 0. The second-order valence-corrected chi connectivity index (χ2v) is 3.43. The number of nitro benzene ring substituents is 1. The Balaban J connectivity index is 3.01. The Morgan fingerprint density at radius 1 is 1.33 bits per heavy atom. The van der Waals surface area contributed by atoms with Crippen molar-refractivity contribution in [3.8, 4) is 0 Å². The van der Waals surface area contributed by atoms with Crippen LogP contribution in [0, 0.1) is 15.3 Å². The minimum atomic E-state index is -0.484. The lowest BCUT2D eigenvalue weighted by atomic mass is 10.2. The van der Waals surface area contributed by atoms with Crippen LogP contribution in [0.2, 0.25) is 0 Å². The second-order valence-electron chi connectivity index (χ2n) is 3.43. The van der Waals surface area contributed by atoms with Crippen molar-refractivity contribution in [2.45, 2.75) is 19.9 Å². The normalized spacial score (nSPS) is 11.8. The molecule has 0 unspecified atom stereocenters. The number of nitrogens with zero attached hydrogens (tertiary/aromatic N) is 2. The molecular formula is C10H12N2O3. The van der Waals surface area contributed by atoms with E-state index in [4.69, 9.17) is 0 Å². The van der Waals surface area contributed by atoms with Crippen LogP contribution in [0.15, 0.2) is 24.3 Å². The van der Waals surface area contributed by atoms with Crippen LogP contribution in [0.5, 0.6) is 0 Å². The van der Waals surface area contributed by atoms with Gasteiger partial charge >= 0.3 is 0 Å². The van der Waals surface area contributed by atoms with E-state index in [1.165, 1.54) is 18.3 Å². The van der Waals surface area contributed by atoms with Crippen LogP contribution in [-0.2, 0) is 0 Å². The minimum Gasteiger partial charge on any atom is -0.624 e. The van der Waals surface area contributed by atoms with E-state index < -0.39 is 4.92 Å². The SMILES string of the molecule is CC(C)/[N+]([O-])=C/c1cccc([N+](=O)[O-])c1. The van der Waals surface area contributed by atoms with Gasteiger partial charge in [0, 0.05) is 17.7 Å². The molecule has 0 atom stereocenters. The van der Waals surface area contributed by atoms with Crippen LogP contribution in [-0.4, -0.2) is 21.9 Å². The largest absolute Gasteiger partial charge is 0.624 e. The third-order valence-corrected chi connectivity index (χ3v) is 1.87. The standard InChI is InChI=1S/C10H12N2O3/c1-8(2)11(13)7-9-4-3-5-10(6-9)12(14)15/h3-8H,1-2H3/b11-7-. The highest BCUT2D eigenvalue weighted by Gasteiger charge is 2.07. The highest BCUT2D eigenvalue weighted by Crippen LogP contribution is 2.11. The fourth-order valence-corrected chi connectivity index (χ4v) is 1.01. The summed E-state index contributed by atoms with van der Waals surface area (Å²) >= 11 is 0. The maximum atomic E-state index is 11.3. The lowest BCUT2D eigenvalue weighted by Gasteiger charge is -2.06. The molecule has 5 nitrogen and oxygen atoms in total. The number of hydrogen-bond donors (Lipinski definition) is 0. The summed E-state index contributed by atoms with van der Waals surface area (Å²) in [7, 11) is 0. The zero-order valence-corrected chi connectivity index (χ0v) is 8.58. The molecule has 0 spiro atoms. The molecule has 1 aromatic rings. The first-order chi connectivity index (χ1) is 7.00. The summed E-state index contributed by atoms with van der Waals surface area (Å²) < 4.78 is 0.763. The minimum absolute atomic E-state index is 0.0130. The van der Waals surface area contributed by atoms with Gasteiger partial charge < -0.3 is 5.21 Å². The number of hydroxylamine groups is 1. The van der Waals surface area contributed by atoms with Crippen molar-refractivity contribution in [2.24, 2.45) is 0 Å². The molecule has 0 fully saturated rings. The highest BCUT2D eigenvalue weighted by atomic mass is 16.6. The molecule has 0 heterocycles. The van der Waals surface area contributed by atoms with Crippen molar-refractivity contribution < 1.29 is 9.66 Å². The van der Waals surface area contributed by atoms with Gasteiger partial charge in [0.1, 0.15) is 0 Å². The van der Waals surface area contributed by atoms with E-state index >= 15 is 0 Å². The first-order valence-corrected chi connectivity index (χ1v) is 4.55. The molecule has 0 amide bonds. The zero-order valence-electron chi connectivity index (χ0n) is 8.58. The zero-order chi connectivity index (χ0) is 11.4. The van der Waals surface area contributed by atoms with Crippen LogP contribution in [0.4, 0.5) is 5.69 Å². The number of nitro groups is 1. The molecule has 15 heavy (non-hydrogen) atoms. The molecule has 0 saturated heterocycles. The van der Waals surface area contributed by atoms with Crippen LogP contribution in [0.1, 0.15) is 19.4 Å². The second kappa shape index (κ2) is 4.54. The average Bonchev–Trinajstić information content (AvgIpc) is 2.18. The molecule has 0 aliphatic rings. The number of benzene rings is 1.